The van der Waals surface area contributed by atoms with Gasteiger partial charge in [-0.3, -0.25) is 5.41 Å². The molecule has 0 amide bonds. The van der Waals surface area contributed by atoms with Crippen molar-refractivity contribution < 1.29 is 4.74 Å². The number of aromatic amines is 1. The van der Waals surface area contributed by atoms with Crippen molar-refractivity contribution >= 4 is 57.1 Å². The van der Waals surface area contributed by atoms with Gasteiger partial charge in [0, 0.05) is 20.9 Å². The van der Waals surface area contributed by atoms with Crippen molar-refractivity contribution in [2.45, 2.75) is 23.0 Å². The van der Waals surface area contributed by atoms with E-state index in [0.29, 0.717) is 11.4 Å². The average Bonchev–Trinajstić information content (AvgIpc) is 3.01. The van der Waals surface area contributed by atoms with E-state index in [1.807, 2.05) is 22.8 Å². The molecule has 3 rings (SSSR count). The quantitative estimate of drug-likeness (QED) is 0.421. The molecule has 0 fully saturated rings. The van der Waals surface area contributed by atoms with E-state index in [0.717, 1.165) is 38.0 Å². The number of alkyl halides is 1. The molecule has 3 aromatic rings. The second-order valence-electron chi connectivity index (χ2n) is 4.97. The lowest BCUT2D eigenvalue weighted by atomic mass is 10.3. The molecule has 0 unspecified atom stereocenters. The second-order valence-corrected chi connectivity index (χ2v) is 7.54. The van der Waals surface area contributed by atoms with Crippen LogP contribution in [0.3, 0.4) is 0 Å². The molecule has 2 heterocycles. The van der Waals surface area contributed by atoms with Crippen LogP contribution in [-0.2, 0) is 6.54 Å². The standard InChI is InChI=1S/C15H15ClIN5OS/c1-23-9-3-4-10(17)11(7-9)24-15-20-12-13(18)19-8-22(6-2-5-16)14(12)21-15/h3-4,7-8,18H,2,5-6H2,1H3,(H,20,21). The fraction of sp³-hybridized carbons (Fsp3) is 0.267. The summed E-state index contributed by atoms with van der Waals surface area (Å²) in [5.41, 5.74) is 1.54. The van der Waals surface area contributed by atoms with Crippen molar-refractivity contribution in [3.8, 4) is 5.75 Å². The smallest absolute Gasteiger partial charge is 0.173 e. The Bertz CT molecular complexity index is 926. The summed E-state index contributed by atoms with van der Waals surface area (Å²) in [6.45, 7) is 0.721. The van der Waals surface area contributed by atoms with Crippen LogP contribution >= 0.6 is 46.0 Å². The normalized spacial score (nSPS) is 11.1. The predicted molar refractivity (Wildman–Crippen MR) is 103 cm³/mol. The van der Waals surface area contributed by atoms with E-state index in [2.05, 4.69) is 37.5 Å². The van der Waals surface area contributed by atoms with E-state index in [4.69, 9.17) is 21.7 Å². The highest BCUT2D eigenvalue weighted by molar-refractivity contribution is 14.1. The predicted octanol–water partition coefficient (Wildman–Crippen LogP) is 3.63. The molecule has 0 atom stereocenters. The fourth-order valence-corrected chi connectivity index (χ4v) is 3.82. The number of nitrogens with zero attached hydrogens (tertiary/aromatic N) is 3. The zero-order chi connectivity index (χ0) is 17.1. The highest BCUT2D eigenvalue weighted by atomic mass is 127. The van der Waals surface area contributed by atoms with E-state index in [-0.39, 0.29) is 5.49 Å². The third-order valence-electron chi connectivity index (χ3n) is 3.38. The van der Waals surface area contributed by atoms with E-state index in [1.165, 1.54) is 11.8 Å². The van der Waals surface area contributed by atoms with Gasteiger partial charge in [-0.05, 0) is 47.2 Å². The molecule has 0 bridgehead atoms. The number of ether oxygens (including phenoxy) is 1. The summed E-state index contributed by atoms with van der Waals surface area (Å²) in [4.78, 5) is 13.0. The van der Waals surface area contributed by atoms with Gasteiger partial charge in [-0.15, -0.1) is 11.6 Å². The number of rotatable bonds is 6. The second kappa shape index (κ2) is 7.75. The van der Waals surface area contributed by atoms with Crippen LogP contribution in [0.1, 0.15) is 6.42 Å². The SMILES string of the molecule is COc1ccc(I)c(Sc2nc3c([nH]2)c(=N)ncn3CCCCl)c1. The van der Waals surface area contributed by atoms with Gasteiger partial charge in [0.15, 0.2) is 16.3 Å². The van der Waals surface area contributed by atoms with Crippen LogP contribution in [0.25, 0.3) is 11.2 Å². The molecular weight excluding hydrogens is 461 g/mol. The molecule has 0 aliphatic heterocycles. The number of hydrogen-bond acceptors (Lipinski definition) is 5. The minimum Gasteiger partial charge on any atom is -0.497 e. The van der Waals surface area contributed by atoms with Gasteiger partial charge in [-0.25, -0.2) is 9.97 Å². The summed E-state index contributed by atoms with van der Waals surface area (Å²) in [6, 6.07) is 5.90. The maximum absolute atomic E-state index is 7.98. The minimum atomic E-state index is 0.187. The van der Waals surface area contributed by atoms with Gasteiger partial charge in [-0.1, -0.05) is 11.8 Å². The molecule has 2 N–H and O–H groups in total. The number of aryl methyl sites for hydroxylation is 1. The minimum absolute atomic E-state index is 0.187. The van der Waals surface area contributed by atoms with Crippen LogP contribution in [0, 0.1) is 8.98 Å². The van der Waals surface area contributed by atoms with Crippen molar-refractivity contribution in [1.82, 2.24) is 19.5 Å². The first-order valence-electron chi connectivity index (χ1n) is 7.19. The van der Waals surface area contributed by atoms with Crippen molar-refractivity contribution in [2.75, 3.05) is 13.0 Å². The molecule has 0 saturated heterocycles. The van der Waals surface area contributed by atoms with Crippen LogP contribution in [0.2, 0.25) is 0 Å². The van der Waals surface area contributed by atoms with Crippen molar-refractivity contribution in [3.63, 3.8) is 0 Å². The number of aromatic nitrogens is 4. The maximum atomic E-state index is 7.98. The molecule has 126 valence electrons. The molecule has 2 aromatic heterocycles. The molecule has 6 nitrogen and oxygen atoms in total. The van der Waals surface area contributed by atoms with E-state index < -0.39 is 0 Å². The van der Waals surface area contributed by atoms with Crippen LogP contribution < -0.4 is 10.2 Å². The molecule has 0 saturated carbocycles. The highest BCUT2D eigenvalue weighted by Crippen LogP contribution is 2.33. The zero-order valence-electron chi connectivity index (χ0n) is 12.8. The monoisotopic (exact) mass is 475 g/mol. The summed E-state index contributed by atoms with van der Waals surface area (Å²) >= 11 is 9.57. The molecule has 0 aliphatic rings. The van der Waals surface area contributed by atoms with Gasteiger partial charge >= 0.3 is 0 Å². The van der Waals surface area contributed by atoms with Gasteiger partial charge in [0.05, 0.1) is 13.4 Å². The van der Waals surface area contributed by atoms with Crippen molar-refractivity contribution in [2.24, 2.45) is 0 Å². The van der Waals surface area contributed by atoms with Crippen LogP contribution in [0.15, 0.2) is 34.6 Å². The van der Waals surface area contributed by atoms with Gasteiger partial charge in [0.2, 0.25) is 0 Å². The number of nitrogens with one attached hydrogen (secondary N) is 2. The Morgan fingerprint density at radius 3 is 3.04 bits per heavy atom. The number of hydrogen-bond donors (Lipinski definition) is 2. The van der Waals surface area contributed by atoms with Crippen LogP contribution in [0.5, 0.6) is 5.75 Å². The van der Waals surface area contributed by atoms with Crippen molar-refractivity contribution in [3.05, 3.63) is 33.6 Å². The molecule has 24 heavy (non-hydrogen) atoms. The molecular formula is C15H15ClIN5OS. The van der Waals surface area contributed by atoms with E-state index in [9.17, 15) is 0 Å². The lowest BCUT2D eigenvalue weighted by Crippen LogP contribution is -2.12. The number of imidazole rings is 1. The van der Waals surface area contributed by atoms with Crippen molar-refractivity contribution in [1.29, 1.82) is 5.41 Å². The largest absolute Gasteiger partial charge is 0.497 e. The Morgan fingerprint density at radius 1 is 1.46 bits per heavy atom. The first-order valence-corrected chi connectivity index (χ1v) is 9.62. The Morgan fingerprint density at radius 2 is 2.29 bits per heavy atom. The van der Waals surface area contributed by atoms with Gasteiger partial charge < -0.3 is 14.3 Å². The summed E-state index contributed by atoms with van der Waals surface area (Å²) in [7, 11) is 1.65. The van der Waals surface area contributed by atoms with E-state index in [1.54, 1.807) is 13.4 Å². The van der Waals surface area contributed by atoms with Crippen LogP contribution in [-0.4, -0.2) is 32.5 Å². The fourth-order valence-electron chi connectivity index (χ4n) is 2.20. The van der Waals surface area contributed by atoms with Gasteiger partial charge in [0.1, 0.15) is 11.3 Å². The first-order chi connectivity index (χ1) is 11.6. The lowest BCUT2D eigenvalue weighted by Gasteiger charge is -2.05. The molecule has 0 radical (unpaired) electrons. The first kappa shape index (κ1) is 17.6. The number of methoxy groups -OCH3 is 1. The third kappa shape index (κ3) is 3.70. The molecule has 0 aliphatic carbocycles. The number of H-pyrrole nitrogens is 1. The Hall–Kier alpha value is -1.26. The topological polar surface area (TPSA) is 79.6 Å². The third-order valence-corrected chi connectivity index (χ3v) is 5.89. The van der Waals surface area contributed by atoms with Gasteiger partial charge in [-0.2, -0.15) is 0 Å². The van der Waals surface area contributed by atoms with Crippen LogP contribution in [0.4, 0.5) is 0 Å². The Balaban J connectivity index is 1.99. The number of halogens is 2. The zero-order valence-corrected chi connectivity index (χ0v) is 16.6. The summed E-state index contributed by atoms with van der Waals surface area (Å²) < 4.78 is 8.32. The Labute approximate surface area is 161 Å². The summed E-state index contributed by atoms with van der Waals surface area (Å²) in [5, 5.41) is 8.70. The molecule has 0 spiro atoms. The summed E-state index contributed by atoms with van der Waals surface area (Å²) in [5.74, 6) is 1.37. The highest BCUT2D eigenvalue weighted by Gasteiger charge is 2.12. The lowest BCUT2D eigenvalue weighted by molar-refractivity contribution is 0.413. The number of fused-ring (bicyclic) bond motifs is 1. The molecule has 1 aromatic carbocycles. The van der Waals surface area contributed by atoms with E-state index >= 15 is 0 Å². The van der Waals surface area contributed by atoms with Gasteiger partial charge in [0.25, 0.3) is 0 Å². The summed E-state index contributed by atoms with van der Waals surface area (Å²) in [6.07, 6.45) is 2.46. The number of benzene rings is 1. The Kier molecular flexibility index (Phi) is 5.67. The average molecular weight is 476 g/mol. The maximum Gasteiger partial charge on any atom is 0.173 e. The molecule has 9 heteroatoms.